The molecule has 1 rings (SSSR count). The predicted molar refractivity (Wildman–Crippen MR) is 48.7 cm³/mol. The van der Waals surface area contributed by atoms with Crippen LogP contribution in [0.3, 0.4) is 0 Å². The van der Waals surface area contributed by atoms with E-state index in [4.69, 9.17) is 5.84 Å². The van der Waals surface area contributed by atoms with E-state index in [2.05, 4.69) is 10.1 Å². The van der Waals surface area contributed by atoms with Crippen molar-refractivity contribution in [1.29, 1.82) is 0 Å². The lowest BCUT2D eigenvalue weighted by Gasteiger charge is -1.84. The lowest BCUT2D eigenvalue weighted by atomic mass is 10.3. The molecule has 0 aliphatic heterocycles. The van der Waals surface area contributed by atoms with Gasteiger partial charge in [-0.25, -0.2) is 0 Å². The van der Waals surface area contributed by atoms with Crippen LogP contribution in [-0.2, 0) is 0 Å². The second-order valence-corrected chi connectivity index (χ2v) is 1.84. The first-order chi connectivity index (χ1) is 5.34. The molecule has 0 atom stereocenters. The summed E-state index contributed by atoms with van der Waals surface area (Å²) in [7, 11) is 0. The van der Waals surface area contributed by atoms with E-state index in [0.717, 1.165) is 11.3 Å². The maximum Gasteiger partial charge on any atom is 0.0555 e. The number of nitrogens with one attached hydrogen (secondary N) is 1. The monoisotopic (exact) mass is 153 g/mol. The number of aryl methyl sites for hydroxylation is 1. The fraction of sp³-hybridized carbons (Fsp3) is 0.375. The van der Waals surface area contributed by atoms with Crippen molar-refractivity contribution in [2.75, 3.05) is 0 Å². The average Bonchev–Trinajstić information content (AvgIpc) is 2.42. The molecule has 62 valence electrons. The van der Waals surface area contributed by atoms with E-state index >= 15 is 0 Å². The minimum atomic E-state index is 1.04. The highest BCUT2D eigenvalue weighted by Gasteiger charge is 1.91. The zero-order valence-corrected chi connectivity index (χ0v) is 7.26. The fourth-order valence-electron chi connectivity index (χ4n) is 0.685. The molecular formula is C8H15N3. The highest BCUT2D eigenvalue weighted by atomic mass is 15.1. The van der Waals surface area contributed by atoms with E-state index < -0.39 is 0 Å². The van der Waals surface area contributed by atoms with Crippen LogP contribution >= 0.6 is 0 Å². The van der Waals surface area contributed by atoms with Crippen molar-refractivity contribution in [2.24, 2.45) is 10.9 Å². The molecule has 0 bridgehead atoms. The maximum absolute atomic E-state index is 4.94. The Hall–Kier alpha value is -1.25. The van der Waals surface area contributed by atoms with Crippen LogP contribution in [0.4, 0.5) is 0 Å². The normalized spacial score (nSPS) is 9.36. The van der Waals surface area contributed by atoms with E-state index in [9.17, 15) is 0 Å². The van der Waals surface area contributed by atoms with E-state index in [1.54, 1.807) is 6.21 Å². The second kappa shape index (κ2) is 5.53. The SMILES string of the molecule is CC.Cc1[nH]ccc1/C=N\N. The first-order valence-corrected chi connectivity index (χ1v) is 3.72. The third-order valence-electron chi connectivity index (χ3n) is 1.21. The van der Waals surface area contributed by atoms with Gasteiger partial charge in [0.25, 0.3) is 0 Å². The van der Waals surface area contributed by atoms with Gasteiger partial charge in [-0.15, -0.1) is 0 Å². The summed E-state index contributed by atoms with van der Waals surface area (Å²) in [5.41, 5.74) is 2.13. The van der Waals surface area contributed by atoms with Gasteiger partial charge < -0.3 is 10.8 Å². The summed E-state index contributed by atoms with van der Waals surface area (Å²) in [6.45, 7) is 5.97. The van der Waals surface area contributed by atoms with Crippen molar-refractivity contribution in [3.8, 4) is 0 Å². The van der Waals surface area contributed by atoms with Crippen molar-refractivity contribution in [3.05, 3.63) is 23.5 Å². The van der Waals surface area contributed by atoms with E-state index in [1.165, 1.54) is 0 Å². The maximum atomic E-state index is 4.94. The van der Waals surface area contributed by atoms with E-state index in [1.807, 2.05) is 33.0 Å². The summed E-state index contributed by atoms with van der Waals surface area (Å²) in [6.07, 6.45) is 3.47. The van der Waals surface area contributed by atoms with Crippen LogP contribution in [0.25, 0.3) is 0 Å². The van der Waals surface area contributed by atoms with E-state index in [-0.39, 0.29) is 0 Å². The molecule has 0 saturated heterocycles. The summed E-state index contributed by atoms with van der Waals surface area (Å²) < 4.78 is 0. The predicted octanol–water partition coefficient (Wildman–Crippen LogP) is 1.64. The van der Waals surface area contributed by atoms with Crippen LogP contribution in [0.1, 0.15) is 25.1 Å². The average molecular weight is 153 g/mol. The zero-order chi connectivity index (χ0) is 8.69. The highest BCUT2D eigenvalue weighted by molar-refractivity contribution is 5.80. The Bertz CT molecular complexity index is 213. The molecular weight excluding hydrogens is 138 g/mol. The number of rotatable bonds is 1. The van der Waals surface area contributed by atoms with Gasteiger partial charge in [-0.1, -0.05) is 13.8 Å². The quantitative estimate of drug-likeness (QED) is 0.359. The molecule has 0 radical (unpaired) electrons. The topological polar surface area (TPSA) is 54.2 Å². The Balaban J connectivity index is 0.000000461. The van der Waals surface area contributed by atoms with Gasteiger partial charge in [0.05, 0.1) is 6.21 Å². The molecule has 0 aliphatic carbocycles. The highest BCUT2D eigenvalue weighted by Crippen LogP contribution is 1.99. The molecule has 0 amide bonds. The number of nitrogens with zero attached hydrogens (tertiary/aromatic N) is 1. The minimum absolute atomic E-state index is 1.04. The number of aromatic nitrogens is 1. The molecule has 0 saturated carbocycles. The summed E-state index contributed by atoms with van der Waals surface area (Å²) in [6, 6.07) is 1.92. The van der Waals surface area contributed by atoms with Crippen molar-refractivity contribution in [2.45, 2.75) is 20.8 Å². The Morgan fingerprint density at radius 3 is 2.55 bits per heavy atom. The standard InChI is InChI=1S/C6H9N3.C2H6/c1-5-6(4-9-7)2-3-8-5;1-2/h2-4,8H,7H2,1H3;1-2H3/b9-4-;. The molecule has 0 aromatic carbocycles. The molecule has 0 spiro atoms. The minimum Gasteiger partial charge on any atom is -0.365 e. The zero-order valence-electron chi connectivity index (χ0n) is 7.26. The smallest absolute Gasteiger partial charge is 0.0555 e. The molecule has 3 N–H and O–H groups in total. The third kappa shape index (κ3) is 2.89. The Morgan fingerprint density at radius 2 is 2.18 bits per heavy atom. The summed E-state index contributed by atoms with van der Waals surface area (Å²) in [5, 5.41) is 3.39. The van der Waals surface area contributed by atoms with Gasteiger partial charge in [-0.05, 0) is 13.0 Å². The number of hydrogen-bond donors (Lipinski definition) is 2. The van der Waals surface area contributed by atoms with Gasteiger partial charge in [0.15, 0.2) is 0 Å². The second-order valence-electron chi connectivity index (χ2n) is 1.84. The van der Waals surface area contributed by atoms with Gasteiger partial charge in [-0.2, -0.15) is 5.10 Å². The lowest BCUT2D eigenvalue weighted by Crippen LogP contribution is -1.85. The van der Waals surface area contributed by atoms with Crippen LogP contribution in [0.5, 0.6) is 0 Å². The van der Waals surface area contributed by atoms with Crippen LogP contribution < -0.4 is 5.84 Å². The summed E-state index contributed by atoms with van der Waals surface area (Å²) in [5.74, 6) is 4.94. The van der Waals surface area contributed by atoms with Gasteiger partial charge in [0.1, 0.15) is 0 Å². The summed E-state index contributed by atoms with van der Waals surface area (Å²) in [4.78, 5) is 3.01. The van der Waals surface area contributed by atoms with Gasteiger partial charge >= 0.3 is 0 Å². The Kier molecular flexibility index (Phi) is 4.90. The van der Waals surface area contributed by atoms with Crippen molar-refractivity contribution in [1.82, 2.24) is 4.98 Å². The molecule has 1 heterocycles. The molecule has 11 heavy (non-hydrogen) atoms. The van der Waals surface area contributed by atoms with Crippen molar-refractivity contribution >= 4 is 6.21 Å². The summed E-state index contributed by atoms with van der Waals surface area (Å²) >= 11 is 0. The first-order valence-electron chi connectivity index (χ1n) is 3.72. The first kappa shape index (κ1) is 9.75. The third-order valence-corrected chi connectivity index (χ3v) is 1.21. The van der Waals surface area contributed by atoms with Crippen LogP contribution in [0.15, 0.2) is 17.4 Å². The van der Waals surface area contributed by atoms with Crippen LogP contribution in [0.2, 0.25) is 0 Å². The number of nitrogens with two attached hydrogens (primary N) is 1. The van der Waals surface area contributed by atoms with E-state index in [0.29, 0.717) is 0 Å². The molecule has 0 fully saturated rings. The molecule has 0 aliphatic rings. The van der Waals surface area contributed by atoms with Crippen molar-refractivity contribution < 1.29 is 0 Å². The molecule has 1 aromatic rings. The lowest BCUT2D eigenvalue weighted by molar-refractivity contribution is 1.24. The van der Waals surface area contributed by atoms with Gasteiger partial charge in [0.2, 0.25) is 0 Å². The molecule has 0 unspecified atom stereocenters. The largest absolute Gasteiger partial charge is 0.365 e. The molecule has 3 nitrogen and oxygen atoms in total. The molecule has 1 aromatic heterocycles. The Morgan fingerprint density at radius 1 is 1.55 bits per heavy atom. The Labute approximate surface area is 67.3 Å². The van der Waals surface area contributed by atoms with Crippen molar-refractivity contribution in [3.63, 3.8) is 0 Å². The number of H-pyrrole nitrogens is 1. The van der Waals surface area contributed by atoms with Gasteiger partial charge in [0, 0.05) is 17.5 Å². The number of aromatic amines is 1. The molecule has 3 heteroatoms. The fourth-order valence-corrected chi connectivity index (χ4v) is 0.685. The number of hydrogen-bond acceptors (Lipinski definition) is 2. The van der Waals surface area contributed by atoms with Crippen LogP contribution in [0, 0.1) is 6.92 Å². The van der Waals surface area contributed by atoms with Crippen LogP contribution in [-0.4, -0.2) is 11.2 Å². The number of hydrazone groups is 1. The van der Waals surface area contributed by atoms with Gasteiger partial charge in [-0.3, -0.25) is 0 Å².